The molecule has 0 fully saturated rings. The number of nitrogen functional groups attached to an aromatic ring is 1. The number of pyridine rings is 1. The van der Waals surface area contributed by atoms with Crippen LogP contribution in [0.3, 0.4) is 0 Å². The molecule has 0 spiro atoms. The molecule has 19 heavy (non-hydrogen) atoms. The molecular weight excluding hydrogens is 248 g/mol. The molecule has 1 aromatic heterocycles. The van der Waals surface area contributed by atoms with Crippen LogP contribution in [0.15, 0.2) is 12.1 Å². The Hall–Kier alpha value is -2.31. The van der Waals surface area contributed by atoms with Crippen LogP contribution in [0.25, 0.3) is 0 Å². The maximum atomic E-state index is 11.7. The van der Waals surface area contributed by atoms with Crippen molar-refractivity contribution in [2.45, 2.75) is 26.3 Å². The molecule has 0 saturated heterocycles. The van der Waals surface area contributed by atoms with Crippen LogP contribution < -0.4 is 16.4 Å². The molecule has 0 saturated carbocycles. The highest BCUT2D eigenvalue weighted by atomic mass is 16.4. The quantitative estimate of drug-likeness (QED) is 0.601. The summed E-state index contributed by atoms with van der Waals surface area (Å²) in [6, 6.07) is 2.20. The van der Waals surface area contributed by atoms with Crippen molar-refractivity contribution < 1.29 is 14.7 Å². The smallest absolute Gasteiger partial charge is 0.354 e. The molecule has 5 N–H and O–H groups in total. The largest absolute Gasteiger partial charge is 0.477 e. The number of hydrogen-bond acceptors (Lipinski definition) is 5. The number of carbonyl (C=O) groups excluding carboxylic acids is 1. The van der Waals surface area contributed by atoms with Crippen LogP contribution in [0.4, 0.5) is 11.5 Å². The number of nitrogens with zero attached hydrogens (tertiary/aromatic N) is 1. The average molecular weight is 266 g/mol. The van der Waals surface area contributed by atoms with E-state index in [9.17, 15) is 9.59 Å². The number of nitrogens with one attached hydrogen (secondary N) is 2. The Morgan fingerprint density at radius 1 is 1.47 bits per heavy atom. The molecular formula is C12H18N4O3. The number of aromatic carboxylic acids is 1. The Morgan fingerprint density at radius 3 is 2.74 bits per heavy atom. The molecule has 1 amide bonds. The number of amides is 1. The molecule has 0 bridgehead atoms. The van der Waals surface area contributed by atoms with Gasteiger partial charge in [0.05, 0.1) is 5.69 Å². The highest BCUT2D eigenvalue weighted by Gasteiger charge is 2.15. The third-order valence-electron chi connectivity index (χ3n) is 2.44. The summed E-state index contributed by atoms with van der Waals surface area (Å²) in [5.74, 6) is -1.14. The Bertz CT molecular complexity index is 476. The van der Waals surface area contributed by atoms with Gasteiger partial charge in [-0.1, -0.05) is 6.92 Å². The van der Waals surface area contributed by atoms with Gasteiger partial charge >= 0.3 is 5.97 Å². The van der Waals surface area contributed by atoms with Crippen molar-refractivity contribution in [1.82, 2.24) is 10.3 Å². The van der Waals surface area contributed by atoms with Crippen LogP contribution in [0.2, 0.25) is 0 Å². The zero-order valence-corrected chi connectivity index (χ0v) is 10.9. The van der Waals surface area contributed by atoms with Gasteiger partial charge in [0.1, 0.15) is 6.04 Å². The van der Waals surface area contributed by atoms with E-state index in [2.05, 4.69) is 15.6 Å². The molecule has 0 aliphatic heterocycles. The first kappa shape index (κ1) is 14.7. The van der Waals surface area contributed by atoms with E-state index in [1.165, 1.54) is 12.1 Å². The summed E-state index contributed by atoms with van der Waals surface area (Å²) in [4.78, 5) is 26.4. The van der Waals surface area contributed by atoms with Gasteiger partial charge in [0, 0.05) is 6.54 Å². The van der Waals surface area contributed by atoms with E-state index in [0.717, 1.165) is 6.42 Å². The highest BCUT2D eigenvalue weighted by molar-refractivity contribution is 5.88. The minimum Gasteiger partial charge on any atom is -0.477 e. The van der Waals surface area contributed by atoms with Crippen LogP contribution in [0.5, 0.6) is 0 Å². The fraction of sp³-hybridized carbons (Fsp3) is 0.417. The van der Waals surface area contributed by atoms with Crippen molar-refractivity contribution in [2.75, 3.05) is 17.6 Å². The lowest BCUT2D eigenvalue weighted by Gasteiger charge is -2.15. The summed E-state index contributed by atoms with van der Waals surface area (Å²) in [5.41, 5.74) is 5.85. The van der Waals surface area contributed by atoms with Crippen molar-refractivity contribution >= 4 is 23.4 Å². The van der Waals surface area contributed by atoms with Gasteiger partial charge in [0.2, 0.25) is 5.91 Å². The molecule has 7 heteroatoms. The van der Waals surface area contributed by atoms with Gasteiger partial charge in [-0.25, -0.2) is 9.78 Å². The third kappa shape index (κ3) is 4.13. The first-order valence-corrected chi connectivity index (χ1v) is 5.99. The van der Waals surface area contributed by atoms with Gasteiger partial charge in [-0.15, -0.1) is 0 Å². The summed E-state index contributed by atoms with van der Waals surface area (Å²) in [6.45, 7) is 4.19. The number of nitrogens with two attached hydrogens (primary N) is 1. The second-order valence-electron chi connectivity index (χ2n) is 4.10. The number of carboxylic acids is 1. The maximum Gasteiger partial charge on any atom is 0.354 e. The van der Waals surface area contributed by atoms with Crippen molar-refractivity contribution in [3.05, 3.63) is 17.8 Å². The Morgan fingerprint density at radius 2 is 2.16 bits per heavy atom. The van der Waals surface area contributed by atoms with Gasteiger partial charge in [-0.2, -0.15) is 0 Å². The number of rotatable bonds is 6. The molecule has 1 atom stereocenters. The fourth-order valence-electron chi connectivity index (χ4n) is 1.38. The lowest BCUT2D eigenvalue weighted by molar-refractivity contribution is -0.121. The summed E-state index contributed by atoms with van der Waals surface area (Å²) in [6.07, 6.45) is 0.841. The van der Waals surface area contributed by atoms with Crippen molar-refractivity contribution in [2.24, 2.45) is 0 Å². The van der Waals surface area contributed by atoms with Gasteiger partial charge in [-0.05, 0) is 25.5 Å². The van der Waals surface area contributed by atoms with Crippen LogP contribution in [0.1, 0.15) is 30.8 Å². The van der Waals surface area contributed by atoms with Gasteiger partial charge in [-0.3, -0.25) is 4.79 Å². The predicted octanol–water partition coefficient (Wildman–Crippen LogP) is 0.689. The zero-order valence-electron chi connectivity index (χ0n) is 10.9. The first-order chi connectivity index (χ1) is 8.95. The van der Waals surface area contributed by atoms with Crippen LogP contribution in [-0.2, 0) is 4.79 Å². The molecule has 0 aromatic carbocycles. The van der Waals surface area contributed by atoms with Crippen LogP contribution in [-0.4, -0.2) is 34.6 Å². The predicted molar refractivity (Wildman–Crippen MR) is 72.0 cm³/mol. The second-order valence-corrected chi connectivity index (χ2v) is 4.10. The minimum atomic E-state index is -1.15. The zero-order chi connectivity index (χ0) is 14.4. The van der Waals surface area contributed by atoms with E-state index in [1.807, 2.05) is 6.92 Å². The SMILES string of the molecule is CCCNC(=O)C(C)Nc1nc(C(=O)O)ccc1N. The monoisotopic (exact) mass is 266 g/mol. The van der Waals surface area contributed by atoms with Crippen molar-refractivity contribution in [3.8, 4) is 0 Å². The third-order valence-corrected chi connectivity index (χ3v) is 2.44. The molecule has 0 radical (unpaired) electrons. The molecule has 1 unspecified atom stereocenters. The van der Waals surface area contributed by atoms with Gasteiger partial charge in [0.15, 0.2) is 11.5 Å². The van der Waals surface area contributed by atoms with E-state index in [-0.39, 0.29) is 17.4 Å². The maximum absolute atomic E-state index is 11.7. The van der Waals surface area contributed by atoms with Crippen molar-refractivity contribution in [1.29, 1.82) is 0 Å². The van der Waals surface area contributed by atoms with E-state index in [1.54, 1.807) is 6.92 Å². The number of aromatic nitrogens is 1. The van der Waals surface area contributed by atoms with Gasteiger partial charge < -0.3 is 21.5 Å². The second kappa shape index (κ2) is 6.58. The van der Waals surface area contributed by atoms with Crippen LogP contribution >= 0.6 is 0 Å². The first-order valence-electron chi connectivity index (χ1n) is 5.99. The molecule has 0 aliphatic carbocycles. The van der Waals surface area contributed by atoms with E-state index >= 15 is 0 Å². The van der Waals surface area contributed by atoms with Crippen LogP contribution in [0, 0.1) is 0 Å². The summed E-state index contributed by atoms with van der Waals surface area (Å²) < 4.78 is 0. The molecule has 1 rings (SSSR count). The number of carbonyl (C=O) groups is 2. The van der Waals surface area contributed by atoms with E-state index < -0.39 is 12.0 Å². The Kier molecular flexibility index (Phi) is 5.11. The lowest BCUT2D eigenvalue weighted by Crippen LogP contribution is -2.38. The standard InChI is InChI=1S/C12H18N4O3/c1-3-6-14-11(17)7(2)15-10-8(13)4-5-9(16-10)12(18)19/h4-5,7H,3,6,13H2,1-2H3,(H,14,17)(H,15,16)(H,18,19). The summed E-state index contributed by atoms with van der Waals surface area (Å²) in [7, 11) is 0. The molecule has 1 aromatic rings. The van der Waals surface area contributed by atoms with E-state index in [4.69, 9.17) is 10.8 Å². The lowest BCUT2D eigenvalue weighted by atomic mass is 10.2. The molecule has 7 nitrogen and oxygen atoms in total. The number of hydrogen-bond donors (Lipinski definition) is 4. The summed E-state index contributed by atoms with van der Waals surface area (Å²) >= 11 is 0. The van der Waals surface area contributed by atoms with E-state index in [0.29, 0.717) is 12.2 Å². The fourth-order valence-corrected chi connectivity index (χ4v) is 1.38. The highest BCUT2D eigenvalue weighted by Crippen LogP contribution is 2.16. The number of anilines is 2. The molecule has 1 heterocycles. The average Bonchev–Trinajstić information content (AvgIpc) is 2.38. The van der Waals surface area contributed by atoms with Gasteiger partial charge in [0.25, 0.3) is 0 Å². The molecule has 104 valence electrons. The topological polar surface area (TPSA) is 117 Å². The minimum absolute atomic E-state index is 0.127. The van der Waals surface area contributed by atoms with Crippen molar-refractivity contribution in [3.63, 3.8) is 0 Å². The number of carboxylic acid groups (broad SMARTS) is 1. The normalized spacial score (nSPS) is 11.7. The Labute approximate surface area is 111 Å². The molecule has 0 aliphatic rings. The Balaban J connectivity index is 2.78. The summed E-state index contributed by atoms with van der Waals surface area (Å²) in [5, 5.41) is 14.4.